The van der Waals surface area contributed by atoms with Crippen LogP contribution in [-0.2, 0) is 4.74 Å². The van der Waals surface area contributed by atoms with Crippen molar-refractivity contribution in [2.24, 2.45) is 5.73 Å². The Kier molecular flexibility index (Phi) is 5.37. The third-order valence-electron chi connectivity index (χ3n) is 3.88. The molecule has 0 spiro atoms. The van der Waals surface area contributed by atoms with Crippen molar-refractivity contribution in [3.05, 3.63) is 35.4 Å². The predicted molar refractivity (Wildman–Crippen MR) is 79.2 cm³/mol. The van der Waals surface area contributed by atoms with Gasteiger partial charge < -0.3 is 15.4 Å². The van der Waals surface area contributed by atoms with Crippen LogP contribution < -0.4 is 5.73 Å². The number of nitrogens with zero attached hydrogens (tertiary/aromatic N) is 1. The number of hydrogen-bond acceptors (Lipinski definition) is 3. The van der Waals surface area contributed by atoms with Gasteiger partial charge in [-0.05, 0) is 37.8 Å². The summed E-state index contributed by atoms with van der Waals surface area (Å²) in [6.07, 6.45) is 2.49. The van der Waals surface area contributed by atoms with Crippen LogP contribution in [0.15, 0.2) is 24.3 Å². The highest BCUT2D eigenvalue weighted by Crippen LogP contribution is 2.19. The van der Waals surface area contributed by atoms with E-state index in [0.29, 0.717) is 6.10 Å². The Labute approximate surface area is 116 Å². The fraction of sp³-hybridized carbons (Fsp3) is 0.625. The number of rotatable bonds is 4. The predicted octanol–water partition coefficient (Wildman–Crippen LogP) is 2.50. The maximum absolute atomic E-state index is 6.33. The molecule has 1 fully saturated rings. The first-order valence-corrected chi connectivity index (χ1v) is 7.32. The van der Waals surface area contributed by atoms with Crippen LogP contribution in [0.4, 0.5) is 0 Å². The molecule has 2 rings (SSSR count). The Hall–Kier alpha value is -0.900. The second-order valence-electron chi connectivity index (χ2n) is 5.59. The molecule has 2 N–H and O–H groups in total. The standard InChI is InChI=1S/C16H26N2O/c1-13-6-3-4-7-15(13)16(17)8-10-18-9-5-11-19-14(2)12-18/h3-4,6-7,14,16H,5,8-12,17H2,1-2H3. The normalized spacial score (nSPS) is 23.0. The zero-order chi connectivity index (χ0) is 13.7. The van der Waals surface area contributed by atoms with Crippen molar-refractivity contribution in [1.29, 1.82) is 0 Å². The average molecular weight is 262 g/mol. The highest BCUT2D eigenvalue weighted by molar-refractivity contribution is 5.28. The van der Waals surface area contributed by atoms with Gasteiger partial charge in [0, 0.05) is 32.3 Å². The molecule has 19 heavy (non-hydrogen) atoms. The van der Waals surface area contributed by atoms with Gasteiger partial charge in [-0.3, -0.25) is 0 Å². The summed E-state index contributed by atoms with van der Waals surface area (Å²) in [4.78, 5) is 2.48. The van der Waals surface area contributed by atoms with Gasteiger partial charge in [0.1, 0.15) is 0 Å². The fourth-order valence-electron chi connectivity index (χ4n) is 2.76. The van der Waals surface area contributed by atoms with Crippen molar-refractivity contribution in [2.75, 3.05) is 26.2 Å². The molecule has 0 aliphatic carbocycles. The highest BCUT2D eigenvalue weighted by atomic mass is 16.5. The molecule has 2 atom stereocenters. The van der Waals surface area contributed by atoms with Gasteiger partial charge >= 0.3 is 0 Å². The molecule has 3 heteroatoms. The SMILES string of the molecule is Cc1ccccc1C(N)CCN1CCCOC(C)C1. The van der Waals surface area contributed by atoms with Crippen LogP contribution in [0.3, 0.4) is 0 Å². The molecule has 0 saturated carbocycles. The number of nitrogens with two attached hydrogens (primary N) is 1. The van der Waals surface area contributed by atoms with Crippen LogP contribution in [-0.4, -0.2) is 37.2 Å². The first-order chi connectivity index (χ1) is 9.16. The van der Waals surface area contributed by atoms with Crippen molar-refractivity contribution in [3.8, 4) is 0 Å². The molecule has 0 bridgehead atoms. The molecule has 0 amide bonds. The zero-order valence-corrected chi connectivity index (χ0v) is 12.1. The van der Waals surface area contributed by atoms with E-state index < -0.39 is 0 Å². The molecule has 1 aromatic carbocycles. The monoisotopic (exact) mass is 262 g/mol. The lowest BCUT2D eigenvalue weighted by molar-refractivity contribution is 0.0674. The molecule has 1 aliphatic rings. The van der Waals surface area contributed by atoms with E-state index in [2.05, 4.69) is 43.0 Å². The fourth-order valence-corrected chi connectivity index (χ4v) is 2.76. The van der Waals surface area contributed by atoms with Crippen LogP contribution in [0, 0.1) is 6.92 Å². The molecule has 1 aliphatic heterocycles. The highest BCUT2D eigenvalue weighted by Gasteiger charge is 2.16. The summed E-state index contributed by atoms with van der Waals surface area (Å²) in [5.74, 6) is 0. The van der Waals surface area contributed by atoms with Crippen molar-refractivity contribution in [1.82, 2.24) is 4.90 Å². The second kappa shape index (κ2) is 7.04. The zero-order valence-electron chi connectivity index (χ0n) is 12.1. The molecule has 1 aromatic rings. The smallest absolute Gasteiger partial charge is 0.0673 e. The number of aryl methyl sites for hydroxylation is 1. The van der Waals surface area contributed by atoms with E-state index in [9.17, 15) is 0 Å². The van der Waals surface area contributed by atoms with Crippen LogP contribution >= 0.6 is 0 Å². The first-order valence-electron chi connectivity index (χ1n) is 7.32. The molecule has 2 unspecified atom stereocenters. The molecular formula is C16H26N2O. The maximum atomic E-state index is 6.33. The van der Waals surface area contributed by atoms with Gasteiger partial charge in [-0.1, -0.05) is 24.3 Å². The van der Waals surface area contributed by atoms with E-state index in [1.54, 1.807) is 0 Å². The largest absolute Gasteiger partial charge is 0.377 e. The van der Waals surface area contributed by atoms with E-state index in [1.807, 2.05) is 0 Å². The van der Waals surface area contributed by atoms with Gasteiger partial charge in [-0.25, -0.2) is 0 Å². The van der Waals surface area contributed by atoms with Gasteiger partial charge in [0.05, 0.1) is 6.10 Å². The third-order valence-corrected chi connectivity index (χ3v) is 3.88. The lowest BCUT2D eigenvalue weighted by atomic mass is 9.99. The van der Waals surface area contributed by atoms with Crippen LogP contribution in [0.1, 0.15) is 36.9 Å². The molecule has 0 aromatic heterocycles. The summed E-state index contributed by atoms with van der Waals surface area (Å²) in [6.45, 7) is 8.40. The van der Waals surface area contributed by atoms with E-state index in [4.69, 9.17) is 10.5 Å². The molecule has 1 heterocycles. The topological polar surface area (TPSA) is 38.5 Å². The molecule has 3 nitrogen and oxygen atoms in total. The lowest BCUT2D eigenvalue weighted by Gasteiger charge is -2.24. The van der Waals surface area contributed by atoms with Gasteiger partial charge in [-0.15, -0.1) is 0 Å². The van der Waals surface area contributed by atoms with E-state index in [-0.39, 0.29) is 6.04 Å². The summed E-state index contributed by atoms with van der Waals surface area (Å²) in [5.41, 5.74) is 8.90. The minimum atomic E-state index is 0.140. The summed E-state index contributed by atoms with van der Waals surface area (Å²) in [6, 6.07) is 8.56. The van der Waals surface area contributed by atoms with E-state index in [1.165, 1.54) is 11.1 Å². The Bertz CT molecular complexity index is 394. The van der Waals surface area contributed by atoms with Gasteiger partial charge in [0.15, 0.2) is 0 Å². The quantitative estimate of drug-likeness (QED) is 0.906. The summed E-state index contributed by atoms with van der Waals surface area (Å²) >= 11 is 0. The number of ether oxygens (including phenoxy) is 1. The lowest BCUT2D eigenvalue weighted by Crippen LogP contribution is -2.32. The molecule has 106 valence electrons. The number of benzene rings is 1. The molecule has 1 saturated heterocycles. The summed E-state index contributed by atoms with van der Waals surface area (Å²) < 4.78 is 5.67. The minimum absolute atomic E-state index is 0.140. The van der Waals surface area contributed by atoms with Crippen LogP contribution in [0.2, 0.25) is 0 Å². The van der Waals surface area contributed by atoms with Gasteiger partial charge in [0.2, 0.25) is 0 Å². The minimum Gasteiger partial charge on any atom is -0.377 e. The number of hydrogen-bond donors (Lipinski definition) is 1. The molecule has 0 radical (unpaired) electrons. The Morgan fingerprint density at radius 1 is 1.42 bits per heavy atom. The van der Waals surface area contributed by atoms with Crippen LogP contribution in [0.5, 0.6) is 0 Å². The maximum Gasteiger partial charge on any atom is 0.0673 e. The third kappa shape index (κ3) is 4.30. The Balaban J connectivity index is 1.86. The Morgan fingerprint density at radius 3 is 3.00 bits per heavy atom. The first kappa shape index (κ1) is 14.5. The van der Waals surface area contributed by atoms with Crippen molar-refractivity contribution in [2.45, 2.75) is 38.8 Å². The Morgan fingerprint density at radius 2 is 2.21 bits per heavy atom. The van der Waals surface area contributed by atoms with E-state index >= 15 is 0 Å². The second-order valence-corrected chi connectivity index (χ2v) is 5.59. The summed E-state index contributed by atoms with van der Waals surface area (Å²) in [7, 11) is 0. The van der Waals surface area contributed by atoms with Gasteiger partial charge in [-0.2, -0.15) is 0 Å². The van der Waals surface area contributed by atoms with E-state index in [0.717, 1.165) is 39.1 Å². The van der Waals surface area contributed by atoms with Crippen molar-refractivity contribution < 1.29 is 4.74 Å². The van der Waals surface area contributed by atoms with Crippen molar-refractivity contribution >= 4 is 0 Å². The van der Waals surface area contributed by atoms with Crippen molar-refractivity contribution in [3.63, 3.8) is 0 Å². The average Bonchev–Trinajstić information content (AvgIpc) is 2.61. The van der Waals surface area contributed by atoms with Gasteiger partial charge in [0.25, 0.3) is 0 Å². The summed E-state index contributed by atoms with van der Waals surface area (Å²) in [5, 5.41) is 0. The molecular weight excluding hydrogens is 236 g/mol. The van der Waals surface area contributed by atoms with Crippen LogP contribution in [0.25, 0.3) is 0 Å².